The first kappa shape index (κ1) is 23.7. The summed E-state index contributed by atoms with van der Waals surface area (Å²) >= 11 is 0. The van der Waals surface area contributed by atoms with Crippen molar-refractivity contribution in [3.8, 4) is 5.75 Å². The zero-order chi connectivity index (χ0) is 23.2. The van der Waals surface area contributed by atoms with Crippen LogP contribution in [0.5, 0.6) is 5.75 Å². The third-order valence-corrected chi connectivity index (χ3v) is 7.31. The van der Waals surface area contributed by atoms with E-state index >= 15 is 4.39 Å². The summed E-state index contributed by atoms with van der Waals surface area (Å²) in [4.78, 5) is 0. The van der Waals surface area contributed by atoms with Crippen molar-refractivity contribution in [2.45, 2.75) is 71.3 Å². The van der Waals surface area contributed by atoms with E-state index in [9.17, 15) is 8.78 Å². The van der Waals surface area contributed by atoms with E-state index in [1.54, 1.807) is 12.1 Å². The molecule has 0 aromatic heterocycles. The molecule has 4 heteroatoms. The average Bonchev–Trinajstić information content (AvgIpc) is 2.83. The van der Waals surface area contributed by atoms with E-state index in [1.165, 1.54) is 56.2 Å². The van der Waals surface area contributed by atoms with Crippen molar-refractivity contribution in [2.75, 3.05) is 0 Å². The highest BCUT2D eigenvalue weighted by Gasteiger charge is 2.19. The highest BCUT2D eigenvalue weighted by molar-refractivity contribution is 5.84. The quantitative estimate of drug-likeness (QED) is 0.315. The van der Waals surface area contributed by atoms with Gasteiger partial charge in [0.05, 0.1) is 0 Å². The smallest absolute Gasteiger partial charge is 0.387 e. The average molecular weight is 455 g/mol. The summed E-state index contributed by atoms with van der Waals surface area (Å²) in [5, 5.41) is 1.62. The summed E-state index contributed by atoms with van der Waals surface area (Å²) in [5.41, 5.74) is 2.92. The van der Waals surface area contributed by atoms with Gasteiger partial charge in [0.2, 0.25) is 0 Å². The molecule has 0 radical (unpaired) electrons. The normalized spacial score (nSPS) is 18.7. The van der Waals surface area contributed by atoms with Crippen LogP contribution in [0.1, 0.15) is 62.1 Å². The first-order valence-electron chi connectivity index (χ1n) is 12.3. The fourth-order valence-corrected chi connectivity index (χ4v) is 5.15. The van der Waals surface area contributed by atoms with Gasteiger partial charge in [0.1, 0.15) is 11.6 Å². The molecule has 0 saturated heterocycles. The van der Waals surface area contributed by atoms with Gasteiger partial charge in [-0.2, -0.15) is 8.78 Å². The van der Waals surface area contributed by atoms with Gasteiger partial charge in [0.15, 0.2) is 0 Å². The molecule has 0 aliphatic heterocycles. The summed E-state index contributed by atoms with van der Waals surface area (Å²) in [5.74, 6) is 1.74. The third-order valence-electron chi connectivity index (χ3n) is 7.31. The van der Waals surface area contributed by atoms with Crippen LogP contribution >= 0.6 is 0 Å². The third kappa shape index (κ3) is 6.31. The van der Waals surface area contributed by atoms with Crippen LogP contribution in [0.4, 0.5) is 13.2 Å². The van der Waals surface area contributed by atoms with Gasteiger partial charge in [-0.05, 0) is 71.7 Å². The standard InChI is InChI=1S/C29H33F3O/c1-2-20-3-5-21(6-4-20)7-8-23-12-18-27-25(19-23)15-14-24(28(27)30)13-9-22-10-16-26(17-11-22)33-29(31)32/h10-12,14-21,29H,2-9,13H2,1H3. The monoisotopic (exact) mass is 454 g/mol. The van der Waals surface area contributed by atoms with Crippen LogP contribution in [0.25, 0.3) is 10.8 Å². The van der Waals surface area contributed by atoms with Gasteiger partial charge in [0.25, 0.3) is 0 Å². The Morgan fingerprint density at radius 1 is 0.818 bits per heavy atom. The Labute approximate surface area is 195 Å². The van der Waals surface area contributed by atoms with Crippen LogP contribution in [0, 0.1) is 17.7 Å². The molecule has 1 aliphatic carbocycles. The van der Waals surface area contributed by atoms with Gasteiger partial charge in [-0.1, -0.05) is 81.5 Å². The minimum Gasteiger partial charge on any atom is -0.435 e. The maximum absolute atomic E-state index is 15.2. The second-order valence-corrected chi connectivity index (χ2v) is 9.45. The molecule has 0 bridgehead atoms. The molecule has 33 heavy (non-hydrogen) atoms. The topological polar surface area (TPSA) is 9.23 Å². The number of ether oxygens (including phenoxy) is 1. The molecule has 0 atom stereocenters. The number of benzene rings is 3. The van der Waals surface area contributed by atoms with Crippen molar-refractivity contribution < 1.29 is 17.9 Å². The number of alkyl halides is 2. The molecule has 3 aromatic carbocycles. The lowest BCUT2D eigenvalue weighted by atomic mass is 9.78. The zero-order valence-corrected chi connectivity index (χ0v) is 19.3. The first-order valence-corrected chi connectivity index (χ1v) is 12.3. The van der Waals surface area contributed by atoms with Crippen LogP contribution in [0.3, 0.4) is 0 Å². The minimum atomic E-state index is -2.83. The van der Waals surface area contributed by atoms with Crippen molar-refractivity contribution in [3.05, 3.63) is 77.1 Å². The van der Waals surface area contributed by atoms with Gasteiger partial charge >= 0.3 is 6.61 Å². The SMILES string of the molecule is CCC1CCC(CCc2ccc3c(F)c(CCc4ccc(OC(F)F)cc4)ccc3c2)CC1. The fourth-order valence-electron chi connectivity index (χ4n) is 5.15. The number of halogens is 3. The van der Waals surface area contributed by atoms with Crippen LogP contribution in [-0.4, -0.2) is 6.61 Å². The van der Waals surface area contributed by atoms with Crippen LogP contribution in [0.2, 0.25) is 0 Å². The number of hydrogen-bond donors (Lipinski definition) is 0. The molecule has 0 spiro atoms. The molecule has 0 N–H and O–H groups in total. The zero-order valence-electron chi connectivity index (χ0n) is 19.3. The van der Waals surface area contributed by atoms with Crippen LogP contribution in [0.15, 0.2) is 54.6 Å². The van der Waals surface area contributed by atoms with Crippen LogP contribution < -0.4 is 4.74 Å². The molecule has 3 aromatic rings. The van der Waals surface area contributed by atoms with Gasteiger partial charge in [-0.15, -0.1) is 0 Å². The lowest BCUT2D eigenvalue weighted by Crippen LogP contribution is -2.14. The highest BCUT2D eigenvalue weighted by atomic mass is 19.3. The van der Waals surface area contributed by atoms with Crippen LogP contribution in [-0.2, 0) is 19.3 Å². The lowest BCUT2D eigenvalue weighted by Gasteiger charge is -2.27. The van der Waals surface area contributed by atoms with Gasteiger partial charge < -0.3 is 4.74 Å². The summed E-state index contributed by atoms with van der Waals surface area (Å²) in [6.07, 6.45) is 10.2. The van der Waals surface area contributed by atoms with E-state index in [2.05, 4.69) is 23.8 Å². The largest absolute Gasteiger partial charge is 0.435 e. The van der Waals surface area contributed by atoms with Gasteiger partial charge in [-0.25, -0.2) is 4.39 Å². The lowest BCUT2D eigenvalue weighted by molar-refractivity contribution is -0.0498. The Morgan fingerprint density at radius 2 is 1.52 bits per heavy atom. The second kappa shape index (κ2) is 11.1. The Morgan fingerprint density at radius 3 is 2.21 bits per heavy atom. The van der Waals surface area contributed by atoms with E-state index in [1.807, 2.05) is 18.2 Å². The molecular formula is C29H33F3O. The number of fused-ring (bicyclic) bond motifs is 1. The summed E-state index contributed by atoms with van der Waals surface area (Å²) in [7, 11) is 0. The Bertz CT molecular complexity index is 1040. The van der Waals surface area contributed by atoms with E-state index < -0.39 is 6.61 Å². The Hall–Kier alpha value is -2.49. The van der Waals surface area contributed by atoms with Crippen molar-refractivity contribution >= 4 is 10.8 Å². The minimum absolute atomic E-state index is 0.134. The second-order valence-electron chi connectivity index (χ2n) is 9.45. The van der Waals surface area contributed by atoms with E-state index in [0.717, 1.165) is 29.2 Å². The van der Waals surface area contributed by atoms with Crippen molar-refractivity contribution in [3.63, 3.8) is 0 Å². The Balaban J connectivity index is 1.35. The van der Waals surface area contributed by atoms with E-state index in [4.69, 9.17) is 0 Å². The van der Waals surface area contributed by atoms with Gasteiger partial charge in [0, 0.05) is 5.39 Å². The Kier molecular flexibility index (Phi) is 7.95. The molecule has 1 fully saturated rings. The summed E-state index contributed by atoms with van der Waals surface area (Å²) in [6.45, 7) is -0.528. The molecule has 1 nitrogen and oxygen atoms in total. The summed E-state index contributed by atoms with van der Waals surface area (Å²) < 4.78 is 44.1. The molecule has 0 amide bonds. The van der Waals surface area contributed by atoms with Gasteiger partial charge in [-0.3, -0.25) is 0 Å². The predicted octanol–water partition coefficient (Wildman–Crippen LogP) is 8.51. The predicted molar refractivity (Wildman–Crippen MR) is 128 cm³/mol. The van der Waals surface area contributed by atoms with Crippen molar-refractivity contribution in [1.29, 1.82) is 0 Å². The molecule has 0 unspecified atom stereocenters. The highest BCUT2D eigenvalue weighted by Crippen LogP contribution is 2.33. The van der Waals surface area contributed by atoms with Crippen molar-refractivity contribution in [2.24, 2.45) is 11.8 Å². The molecule has 1 aliphatic rings. The molecule has 0 heterocycles. The fraction of sp³-hybridized carbons (Fsp3) is 0.448. The first-order chi connectivity index (χ1) is 16.0. The molecule has 4 rings (SSSR count). The number of hydrogen-bond acceptors (Lipinski definition) is 1. The maximum atomic E-state index is 15.2. The number of rotatable bonds is 9. The van der Waals surface area contributed by atoms with Crippen molar-refractivity contribution in [1.82, 2.24) is 0 Å². The summed E-state index contributed by atoms with van der Waals surface area (Å²) in [6, 6.07) is 16.6. The molecule has 1 saturated carbocycles. The van der Waals surface area contributed by atoms with E-state index in [-0.39, 0.29) is 11.6 Å². The molecule has 176 valence electrons. The molecular weight excluding hydrogens is 421 g/mol. The number of aryl methyl sites for hydroxylation is 3. The maximum Gasteiger partial charge on any atom is 0.387 e. The van der Waals surface area contributed by atoms with E-state index in [0.29, 0.717) is 23.8 Å².